The molecule has 0 aliphatic heterocycles. The first-order valence-corrected chi connectivity index (χ1v) is 6.32. The predicted octanol–water partition coefficient (Wildman–Crippen LogP) is 2.55. The van der Waals surface area contributed by atoms with Gasteiger partial charge in [0.15, 0.2) is 0 Å². The van der Waals surface area contributed by atoms with Gasteiger partial charge in [0.25, 0.3) is 5.91 Å². The number of thiocarbonyl (C=S) groups is 1. The summed E-state index contributed by atoms with van der Waals surface area (Å²) in [5, 5.41) is 2.80. The van der Waals surface area contributed by atoms with Gasteiger partial charge >= 0.3 is 0 Å². The summed E-state index contributed by atoms with van der Waals surface area (Å²) in [5.41, 5.74) is 6.47. The van der Waals surface area contributed by atoms with E-state index in [9.17, 15) is 4.79 Å². The van der Waals surface area contributed by atoms with Crippen molar-refractivity contribution in [3.8, 4) is 0 Å². The average molecular weight is 315 g/mol. The maximum absolute atomic E-state index is 12.0. The van der Waals surface area contributed by atoms with E-state index in [1.54, 1.807) is 19.9 Å². The zero-order chi connectivity index (χ0) is 13.2. The van der Waals surface area contributed by atoms with E-state index in [0.717, 1.165) is 10.0 Å². The summed E-state index contributed by atoms with van der Waals surface area (Å²) in [6.45, 7) is 5.48. The van der Waals surface area contributed by atoms with Gasteiger partial charge in [0.2, 0.25) is 0 Å². The Balaban J connectivity index is 2.94. The highest BCUT2D eigenvalue weighted by molar-refractivity contribution is 9.10. The van der Waals surface area contributed by atoms with Crippen LogP contribution in [0.5, 0.6) is 0 Å². The Kier molecular flexibility index (Phi) is 4.27. The van der Waals surface area contributed by atoms with Crippen LogP contribution in [-0.4, -0.2) is 16.4 Å². The number of benzene rings is 1. The molecule has 0 unspecified atom stereocenters. The third-order valence-corrected chi connectivity index (χ3v) is 3.31. The van der Waals surface area contributed by atoms with Crippen molar-refractivity contribution in [2.75, 3.05) is 0 Å². The summed E-state index contributed by atoms with van der Waals surface area (Å²) in [7, 11) is 0. The number of carbonyl (C=O) groups excluding carboxylic acids is 1. The molecular formula is C12H15BrN2OS. The number of nitrogens with one attached hydrogen (secondary N) is 1. The summed E-state index contributed by atoms with van der Waals surface area (Å²) in [4.78, 5) is 12.3. The van der Waals surface area contributed by atoms with Gasteiger partial charge < -0.3 is 11.1 Å². The summed E-state index contributed by atoms with van der Waals surface area (Å²) in [6, 6.07) is 5.52. The lowest BCUT2D eigenvalue weighted by Crippen LogP contribution is -2.52. The van der Waals surface area contributed by atoms with Crippen LogP contribution in [0.15, 0.2) is 22.7 Å². The standard InChI is InChI=1S/C12H15BrN2OS/c1-7-4-8(6-9(13)5-7)10(16)15-12(2,3)11(14)17/h4-6H,1-3H3,(H2,14,17)(H,15,16). The smallest absolute Gasteiger partial charge is 0.252 e. The second kappa shape index (κ2) is 5.14. The lowest BCUT2D eigenvalue weighted by molar-refractivity contribution is 0.0932. The highest BCUT2D eigenvalue weighted by Gasteiger charge is 2.24. The molecule has 92 valence electrons. The van der Waals surface area contributed by atoms with Gasteiger partial charge in [-0.1, -0.05) is 28.1 Å². The van der Waals surface area contributed by atoms with Crippen LogP contribution in [0.2, 0.25) is 0 Å². The lowest BCUT2D eigenvalue weighted by Gasteiger charge is -2.24. The van der Waals surface area contributed by atoms with Crippen LogP contribution >= 0.6 is 28.1 Å². The van der Waals surface area contributed by atoms with Crippen molar-refractivity contribution in [1.29, 1.82) is 0 Å². The molecule has 1 rings (SSSR count). The van der Waals surface area contributed by atoms with Gasteiger partial charge in [-0.15, -0.1) is 0 Å². The first-order valence-electron chi connectivity index (χ1n) is 5.12. The zero-order valence-electron chi connectivity index (χ0n) is 10.0. The van der Waals surface area contributed by atoms with Crippen molar-refractivity contribution in [2.45, 2.75) is 26.3 Å². The van der Waals surface area contributed by atoms with Gasteiger partial charge in [-0.05, 0) is 44.5 Å². The molecule has 0 heterocycles. The van der Waals surface area contributed by atoms with Crippen molar-refractivity contribution in [3.63, 3.8) is 0 Å². The second-order valence-corrected chi connectivity index (χ2v) is 5.82. The Morgan fingerprint density at radius 3 is 2.47 bits per heavy atom. The van der Waals surface area contributed by atoms with Crippen molar-refractivity contribution < 1.29 is 4.79 Å². The number of nitrogens with two attached hydrogens (primary N) is 1. The Labute approximate surface area is 115 Å². The first-order chi connectivity index (χ1) is 7.72. The zero-order valence-corrected chi connectivity index (χ0v) is 12.4. The van der Waals surface area contributed by atoms with Crippen LogP contribution in [0.4, 0.5) is 0 Å². The Morgan fingerprint density at radius 2 is 2.00 bits per heavy atom. The highest BCUT2D eigenvalue weighted by atomic mass is 79.9. The molecule has 3 nitrogen and oxygen atoms in total. The topological polar surface area (TPSA) is 55.1 Å². The molecular weight excluding hydrogens is 300 g/mol. The van der Waals surface area contributed by atoms with Gasteiger partial charge in [0.05, 0.1) is 10.5 Å². The molecule has 0 aliphatic carbocycles. The summed E-state index contributed by atoms with van der Waals surface area (Å²) < 4.78 is 0.871. The molecule has 0 radical (unpaired) electrons. The van der Waals surface area contributed by atoms with Crippen LogP contribution in [0.1, 0.15) is 29.8 Å². The number of rotatable bonds is 3. The minimum absolute atomic E-state index is 0.188. The molecule has 1 aromatic carbocycles. The number of hydrogen-bond acceptors (Lipinski definition) is 2. The molecule has 0 saturated heterocycles. The molecule has 17 heavy (non-hydrogen) atoms. The minimum Gasteiger partial charge on any atom is -0.391 e. The van der Waals surface area contributed by atoms with Crippen molar-refractivity contribution in [3.05, 3.63) is 33.8 Å². The Morgan fingerprint density at radius 1 is 1.41 bits per heavy atom. The van der Waals surface area contributed by atoms with Crippen LogP contribution in [0.25, 0.3) is 0 Å². The third kappa shape index (κ3) is 3.78. The number of amides is 1. The van der Waals surface area contributed by atoms with Gasteiger partial charge in [0.1, 0.15) is 0 Å². The monoisotopic (exact) mass is 314 g/mol. The Hall–Kier alpha value is -0.940. The largest absolute Gasteiger partial charge is 0.391 e. The molecule has 0 aromatic heterocycles. The quantitative estimate of drug-likeness (QED) is 0.843. The van der Waals surface area contributed by atoms with Crippen molar-refractivity contribution >= 4 is 39.0 Å². The molecule has 0 saturated carbocycles. The van der Waals surface area contributed by atoms with E-state index in [2.05, 4.69) is 21.2 Å². The molecule has 5 heteroatoms. The number of carbonyl (C=O) groups is 1. The van der Waals surface area contributed by atoms with Gasteiger partial charge in [-0.25, -0.2) is 0 Å². The molecule has 0 spiro atoms. The average Bonchev–Trinajstić information content (AvgIpc) is 2.15. The van der Waals surface area contributed by atoms with Crippen molar-refractivity contribution in [2.24, 2.45) is 5.73 Å². The maximum Gasteiger partial charge on any atom is 0.252 e. The molecule has 0 atom stereocenters. The molecule has 0 bridgehead atoms. The summed E-state index contributed by atoms with van der Waals surface area (Å²) in [5.74, 6) is -0.188. The fourth-order valence-electron chi connectivity index (χ4n) is 1.29. The number of halogens is 1. The molecule has 0 fully saturated rings. The second-order valence-electron chi connectivity index (χ2n) is 4.46. The fraction of sp³-hybridized carbons (Fsp3) is 0.333. The van der Waals surface area contributed by atoms with E-state index in [1.165, 1.54) is 0 Å². The summed E-state index contributed by atoms with van der Waals surface area (Å²) in [6.07, 6.45) is 0. The van der Waals surface area contributed by atoms with E-state index in [1.807, 2.05) is 19.1 Å². The van der Waals surface area contributed by atoms with E-state index < -0.39 is 5.54 Å². The SMILES string of the molecule is Cc1cc(Br)cc(C(=O)NC(C)(C)C(N)=S)c1. The van der Waals surface area contributed by atoms with E-state index >= 15 is 0 Å². The highest BCUT2D eigenvalue weighted by Crippen LogP contribution is 2.16. The van der Waals surface area contributed by atoms with Crippen LogP contribution in [0, 0.1) is 6.92 Å². The lowest BCUT2D eigenvalue weighted by atomic mass is 10.0. The number of aryl methyl sites for hydroxylation is 1. The van der Waals surface area contributed by atoms with Crippen LogP contribution in [-0.2, 0) is 0 Å². The minimum atomic E-state index is -0.692. The molecule has 3 N–H and O–H groups in total. The molecule has 1 aromatic rings. The normalized spacial score (nSPS) is 11.1. The van der Waals surface area contributed by atoms with Crippen LogP contribution in [0.3, 0.4) is 0 Å². The molecule has 0 aliphatic rings. The summed E-state index contributed by atoms with van der Waals surface area (Å²) >= 11 is 8.26. The Bertz CT molecular complexity index is 451. The van der Waals surface area contributed by atoms with Crippen molar-refractivity contribution in [1.82, 2.24) is 5.32 Å². The van der Waals surface area contributed by atoms with E-state index in [0.29, 0.717) is 5.56 Å². The van der Waals surface area contributed by atoms with Gasteiger partial charge in [0, 0.05) is 10.0 Å². The van der Waals surface area contributed by atoms with Gasteiger partial charge in [-0.3, -0.25) is 4.79 Å². The predicted molar refractivity (Wildman–Crippen MR) is 77.2 cm³/mol. The maximum atomic E-state index is 12.0. The van der Waals surface area contributed by atoms with E-state index in [-0.39, 0.29) is 10.9 Å². The van der Waals surface area contributed by atoms with Crippen LogP contribution < -0.4 is 11.1 Å². The van der Waals surface area contributed by atoms with E-state index in [4.69, 9.17) is 18.0 Å². The number of hydrogen-bond donors (Lipinski definition) is 2. The fourth-order valence-corrected chi connectivity index (χ4v) is 1.94. The van der Waals surface area contributed by atoms with Gasteiger partial charge in [-0.2, -0.15) is 0 Å². The first kappa shape index (κ1) is 14.1. The molecule has 1 amide bonds. The third-order valence-electron chi connectivity index (χ3n) is 2.35.